The van der Waals surface area contributed by atoms with Crippen LogP contribution in [0.3, 0.4) is 0 Å². The van der Waals surface area contributed by atoms with Gasteiger partial charge in [0.2, 0.25) is 5.91 Å². The molecule has 1 fully saturated rings. The summed E-state index contributed by atoms with van der Waals surface area (Å²) in [6.45, 7) is 0.950. The molecule has 0 aromatic heterocycles. The van der Waals surface area contributed by atoms with E-state index in [1.807, 2.05) is 0 Å². The Kier molecular flexibility index (Phi) is 6.12. The van der Waals surface area contributed by atoms with Crippen LogP contribution < -0.4 is 0 Å². The summed E-state index contributed by atoms with van der Waals surface area (Å²) in [4.78, 5) is 14.2. The quantitative estimate of drug-likeness (QED) is 0.703. The Bertz CT molecular complexity index is 647. The zero-order chi connectivity index (χ0) is 16.9. The van der Waals surface area contributed by atoms with Crippen LogP contribution in [-0.4, -0.2) is 57.0 Å². The summed E-state index contributed by atoms with van der Waals surface area (Å²) in [5.41, 5.74) is 0.590. The van der Waals surface area contributed by atoms with Gasteiger partial charge in [0, 0.05) is 26.3 Å². The fourth-order valence-electron chi connectivity index (χ4n) is 2.83. The monoisotopic (exact) mass is 343 g/mol. The molecule has 23 heavy (non-hydrogen) atoms. The number of hydrogen-bond donors (Lipinski definition) is 0. The summed E-state index contributed by atoms with van der Waals surface area (Å²) in [6.07, 6.45) is 1.17. The van der Waals surface area contributed by atoms with E-state index in [1.165, 1.54) is 12.1 Å². The van der Waals surface area contributed by atoms with Gasteiger partial charge in [-0.25, -0.2) is 12.8 Å². The summed E-state index contributed by atoms with van der Waals surface area (Å²) < 4.78 is 41.6. The first-order valence-corrected chi connectivity index (χ1v) is 9.47. The van der Waals surface area contributed by atoms with Crippen molar-refractivity contribution in [2.24, 2.45) is 0 Å². The van der Waals surface area contributed by atoms with Gasteiger partial charge in [0.15, 0.2) is 9.84 Å². The number of amides is 1. The predicted octanol–water partition coefficient (Wildman–Crippen LogP) is 1.42. The lowest BCUT2D eigenvalue weighted by Gasteiger charge is -2.28. The number of sulfone groups is 1. The third kappa shape index (κ3) is 5.28. The number of benzene rings is 1. The summed E-state index contributed by atoms with van der Waals surface area (Å²) in [5.74, 6) is -0.431. The van der Waals surface area contributed by atoms with Gasteiger partial charge in [-0.3, -0.25) is 4.79 Å². The molecule has 128 valence electrons. The molecule has 0 N–H and O–H groups in total. The number of carbonyl (C=O) groups excluding carboxylic acids is 1. The van der Waals surface area contributed by atoms with Gasteiger partial charge in [0.1, 0.15) is 5.82 Å². The minimum atomic E-state index is -3.07. The maximum Gasteiger partial charge on any atom is 0.227 e. The summed E-state index contributed by atoms with van der Waals surface area (Å²) in [5, 5.41) is 0. The number of methoxy groups -OCH3 is 1. The van der Waals surface area contributed by atoms with E-state index >= 15 is 0 Å². The highest BCUT2D eigenvalue weighted by Gasteiger charge is 2.34. The van der Waals surface area contributed by atoms with Crippen molar-refractivity contribution >= 4 is 15.7 Å². The molecule has 1 atom stereocenters. The molecule has 1 saturated heterocycles. The molecule has 1 amide bonds. The van der Waals surface area contributed by atoms with Crippen LogP contribution in [0.5, 0.6) is 0 Å². The topological polar surface area (TPSA) is 63.7 Å². The molecule has 1 aliphatic heterocycles. The maximum absolute atomic E-state index is 13.2. The number of halogens is 1. The van der Waals surface area contributed by atoms with E-state index in [0.717, 1.165) is 0 Å². The molecule has 0 radical (unpaired) electrons. The third-order valence-corrected chi connectivity index (χ3v) is 5.71. The highest BCUT2D eigenvalue weighted by Crippen LogP contribution is 2.19. The van der Waals surface area contributed by atoms with Crippen LogP contribution in [0.1, 0.15) is 18.4 Å². The zero-order valence-corrected chi connectivity index (χ0v) is 14.0. The first-order chi connectivity index (χ1) is 10.9. The SMILES string of the molecule is COCCCN(C(=O)Cc1cccc(F)c1)[C@H]1CCS(=O)(=O)C1. The van der Waals surface area contributed by atoms with E-state index < -0.39 is 9.84 Å². The Labute approximate surface area is 136 Å². The average Bonchev–Trinajstić information content (AvgIpc) is 2.83. The van der Waals surface area contributed by atoms with Gasteiger partial charge in [-0.1, -0.05) is 12.1 Å². The summed E-state index contributed by atoms with van der Waals surface area (Å²) in [6, 6.07) is 5.62. The van der Waals surface area contributed by atoms with Crippen molar-refractivity contribution in [3.05, 3.63) is 35.6 Å². The van der Waals surface area contributed by atoms with E-state index in [1.54, 1.807) is 24.1 Å². The summed E-state index contributed by atoms with van der Waals surface area (Å²) in [7, 11) is -1.49. The van der Waals surface area contributed by atoms with Crippen LogP contribution in [0.15, 0.2) is 24.3 Å². The first-order valence-electron chi connectivity index (χ1n) is 7.64. The lowest BCUT2D eigenvalue weighted by Crippen LogP contribution is -2.42. The molecule has 5 nitrogen and oxygen atoms in total. The number of hydrogen-bond acceptors (Lipinski definition) is 4. The lowest BCUT2D eigenvalue weighted by molar-refractivity contribution is -0.132. The van der Waals surface area contributed by atoms with Crippen LogP contribution in [0.25, 0.3) is 0 Å². The van der Waals surface area contributed by atoms with E-state index in [-0.39, 0.29) is 35.7 Å². The Morgan fingerprint density at radius 2 is 2.22 bits per heavy atom. The van der Waals surface area contributed by atoms with Crippen molar-refractivity contribution in [3.63, 3.8) is 0 Å². The van der Waals surface area contributed by atoms with E-state index in [9.17, 15) is 17.6 Å². The second kappa shape index (κ2) is 7.88. The van der Waals surface area contributed by atoms with Crippen LogP contribution >= 0.6 is 0 Å². The lowest BCUT2D eigenvalue weighted by atomic mass is 10.1. The van der Waals surface area contributed by atoms with Crippen LogP contribution in [0, 0.1) is 5.82 Å². The van der Waals surface area contributed by atoms with Crippen molar-refractivity contribution in [3.8, 4) is 0 Å². The van der Waals surface area contributed by atoms with Gasteiger partial charge in [-0.15, -0.1) is 0 Å². The molecule has 1 aliphatic rings. The van der Waals surface area contributed by atoms with E-state index in [0.29, 0.717) is 31.6 Å². The first kappa shape index (κ1) is 17.9. The van der Waals surface area contributed by atoms with Gasteiger partial charge < -0.3 is 9.64 Å². The van der Waals surface area contributed by atoms with Gasteiger partial charge in [0.25, 0.3) is 0 Å². The summed E-state index contributed by atoms with van der Waals surface area (Å²) >= 11 is 0. The molecule has 0 aliphatic carbocycles. The second-order valence-corrected chi connectivity index (χ2v) is 8.03. The predicted molar refractivity (Wildman–Crippen MR) is 85.4 cm³/mol. The Balaban J connectivity index is 2.07. The largest absolute Gasteiger partial charge is 0.385 e. The number of ether oxygens (including phenoxy) is 1. The molecular formula is C16H22FNO4S. The zero-order valence-electron chi connectivity index (χ0n) is 13.2. The number of nitrogens with zero attached hydrogens (tertiary/aromatic N) is 1. The molecule has 7 heteroatoms. The number of rotatable bonds is 7. The molecule has 1 aromatic rings. The minimum absolute atomic E-state index is 0.00880. The van der Waals surface area contributed by atoms with Crippen LogP contribution in [0.4, 0.5) is 4.39 Å². The molecular weight excluding hydrogens is 321 g/mol. The van der Waals surface area contributed by atoms with Crippen LogP contribution in [-0.2, 0) is 25.8 Å². The van der Waals surface area contributed by atoms with E-state index in [2.05, 4.69) is 0 Å². The highest BCUT2D eigenvalue weighted by molar-refractivity contribution is 7.91. The number of carbonyl (C=O) groups is 1. The van der Waals surface area contributed by atoms with Crippen molar-refractivity contribution in [1.82, 2.24) is 4.90 Å². The Hall–Kier alpha value is -1.47. The van der Waals surface area contributed by atoms with Gasteiger partial charge in [-0.05, 0) is 30.5 Å². The molecule has 0 spiro atoms. The van der Waals surface area contributed by atoms with Gasteiger partial charge >= 0.3 is 0 Å². The van der Waals surface area contributed by atoms with Gasteiger partial charge in [-0.2, -0.15) is 0 Å². The van der Waals surface area contributed by atoms with Crippen molar-refractivity contribution in [1.29, 1.82) is 0 Å². The van der Waals surface area contributed by atoms with Crippen molar-refractivity contribution < 1.29 is 22.3 Å². The fraction of sp³-hybridized carbons (Fsp3) is 0.562. The molecule has 0 saturated carbocycles. The maximum atomic E-state index is 13.2. The Morgan fingerprint density at radius 1 is 1.43 bits per heavy atom. The Morgan fingerprint density at radius 3 is 2.83 bits per heavy atom. The second-order valence-electron chi connectivity index (χ2n) is 5.80. The normalized spacial score (nSPS) is 19.7. The third-order valence-electron chi connectivity index (χ3n) is 3.96. The molecule has 1 aromatic carbocycles. The fourth-order valence-corrected chi connectivity index (χ4v) is 4.57. The van der Waals surface area contributed by atoms with Crippen molar-refractivity contribution in [2.75, 3.05) is 31.8 Å². The molecule has 0 unspecified atom stereocenters. The van der Waals surface area contributed by atoms with Crippen molar-refractivity contribution in [2.45, 2.75) is 25.3 Å². The smallest absolute Gasteiger partial charge is 0.227 e. The molecule has 2 rings (SSSR count). The molecule has 1 heterocycles. The highest BCUT2D eigenvalue weighted by atomic mass is 32.2. The van der Waals surface area contributed by atoms with Crippen LogP contribution in [0.2, 0.25) is 0 Å². The van der Waals surface area contributed by atoms with Gasteiger partial charge in [0.05, 0.1) is 17.9 Å². The van der Waals surface area contributed by atoms with E-state index in [4.69, 9.17) is 4.74 Å². The standard InChI is InChI=1S/C16H22FNO4S/c1-22-8-3-7-18(15-6-9-23(20,21)12-15)16(19)11-13-4-2-5-14(17)10-13/h2,4-5,10,15H,3,6-9,11-12H2,1H3/t15-/m0/s1. The molecule has 0 bridgehead atoms. The minimum Gasteiger partial charge on any atom is -0.385 e. The average molecular weight is 343 g/mol.